The highest BCUT2D eigenvalue weighted by Crippen LogP contribution is 2.15. The van der Waals surface area contributed by atoms with E-state index >= 15 is 0 Å². The molecule has 7 heteroatoms. The van der Waals surface area contributed by atoms with Gasteiger partial charge in [-0.15, -0.1) is 0 Å². The van der Waals surface area contributed by atoms with Crippen LogP contribution in [-0.4, -0.2) is 47.9 Å². The molecular weight excluding hydrogens is 212 g/mol. The monoisotopic (exact) mass is 228 g/mol. The van der Waals surface area contributed by atoms with Crippen molar-refractivity contribution in [3.05, 3.63) is 0 Å². The van der Waals surface area contributed by atoms with Crippen molar-refractivity contribution in [1.82, 2.24) is 15.5 Å². The van der Waals surface area contributed by atoms with Crippen LogP contribution in [0.15, 0.2) is 0 Å². The number of nitrogens with one attached hydrogen (secondary N) is 2. The third-order valence-corrected chi connectivity index (χ3v) is 2.21. The van der Waals surface area contributed by atoms with Crippen LogP contribution in [0.2, 0.25) is 0 Å². The average Bonchev–Trinajstić information content (AvgIpc) is 2.38. The Morgan fingerprint density at radius 3 is 2.56 bits per heavy atom. The molecule has 1 aliphatic rings. The van der Waals surface area contributed by atoms with E-state index in [0.29, 0.717) is 13.1 Å². The summed E-state index contributed by atoms with van der Waals surface area (Å²) in [5.41, 5.74) is 4.27. The summed E-state index contributed by atoms with van der Waals surface area (Å²) >= 11 is 0. The largest absolute Gasteiger partial charge is 0.353 e. The smallest absolute Gasteiger partial charge is 0.325 e. The predicted octanol–water partition coefficient (Wildman–Crippen LogP) is -1.61. The molecule has 1 rings (SSSR count). The van der Waals surface area contributed by atoms with Crippen LogP contribution in [-0.2, 0) is 9.59 Å². The van der Waals surface area contributed by atoms with Crippen molar-refractivity contribution in [1.29, 1.82) is 0 Å². The molecule has 1 heterocycles. The first kappa shape index (κ1) is 12.4. The van der Waals surface area contributed by atoms with E-state index in [0.717, 1.165) is 4.90 Å². The molecule has 0 saturated carbocycles. The van der Waals surface area contributed by atoms with E-state index < -0.39 is 23.4 Å². The van der Waals surface area contributed by atoms with Crippen LogP contribution in [0.1, 0.15) is 13.8 Å². The van der Waals surface area contributed by atoms with E-state index in [1.54, 1.807) is 13.8 Å². The van der Waals surface area contributed by atoms with Gasteiger partial charge in [-0.3, -0.25) is 14.5 Å². The molecule has 90 valence electrons. The number of nitrogens with two attached hydrogens (primary N) is 1. The van der Waals surface area contributed by atoms with Crippen LogP contribution in [0, 0.1) is 0 Å². The van der Waals surface area contributed by atoms with E-state index in [2.05, 4.69) is 10.6 Å². The average molecular weight is 228 g/mol. The van der Waals surface area contributed by atoms with E-state index in [9.17, 15) is 14.4 Å². The highest BCUT2D eigenvalue weighted by molar-refractivity contribution is 6.08. The topological polar surface area (TPSA) is 105 Å². The lowest BCUT2D eigenvalue weighted by molar-refractivity contribution is -0.134. The number of rotatable bonds is 4. The van der Waals surface area contributed by atoms with Gasteiger partial charge in [-0.1, -0.05) is 0 Å². The number of imide groups is 1. The van der Waals surface area contributed by atoms with Gasteiger partial charge in [-0.25, -0.2) is 4.79 Å². The fraction of sp³-hybridized carbons (Fsp3) is 0.667. The second-order valence-electron chi connectivity index (χ2n) is 4.09. The Morgan fingerprint density at radius 2 is 2.12 bits per heavy atom. The molecule has 1 aliphatic heterocycles. The maximum absolute atomic E-state index is 11.7. The first-order chi connectivity index (χ1) is 7.38. The van der Waals surface area contributed by atoms with Crippen LogP contribution in [0.5, 0.6) is 0 Å². The maximum Gasteiger partial charge on any atom is 0.325 e. The van der Waals surface area contributed by atoms with Gasteiger partial charge in [0.05, 0.1) is 0 Å². The van der Waals surface area contributed by atoms with Crippen molar-refractivity contribution in [2.24, 2.45) is 5.73 Å². The van der Waals surface area contributed by atoms with Gasteiger partial charge in [0.25, 0.3) is 5.91 Å². The molecule has 0 aromatic carbocycles. The second kappa shape index (κ2) is 4.48. The van der Waals surface area contributed by atoms with Crippen molar-refractivity contribution in [3.8, 4) is 0 Å². The van der Waals surface area contributed by atoms with Crippen molar-refractivity contribution in [2.45, 2.75) is 19.4 Å². The molecule has 0 aliphatic carbocycles. The van der Waals surface area contributed by atoms with Gasteiger partial charge in [0, 0.05) is 13.1 Å². The summed E-state index contributed by atoms with van der Waals surface area (Å²) in [4.78, 5) is 35.3. The molecule has 0 radical (unpaired) electrons. The maximum atomic E-state index is 11.7. The molecule has 0 aromatic heterocycles. The summed E-state index contributed by atoms with van der Waals surface area (Å²) in [5, 5.41) is 4.98. The van der Waals surface area contributed by atoms with Crippen molar-refractivity contribution in [2.75, 3.05) is 19.6 Å². The number of hydrogen-bond acceptors (Lipinski definition) is 4. The Bertz CT molecular complexity index is 327. The number of carbonyl (C=O) groups is 3. The van der Waals surface area contributed by atoms with Crippen LogP contribution in [0.25, 0.3) is 0 Å². The summed E-state index contributed by atoms with van der Waals surface area (Å²) < 4.78 is 0. The van der Waals surface area contributed by atoms with Gasteiger partial charge in [0.15, 0.2) is 0 Å². The van der Waals surface area contributed by atoms with E-state index in [4.69, 9.17) is 5.73 Å². The summed E-state index contributed by atoms with van der Waals surface area (Å²) in [6.45, 7) is 3.55. The van der Waals surface area contributed by atoms with Crippen LogP contribution in [0.4, 0.5) is 4.79 Å². The highest BCUT2D eigenvalue weighted by Gasteiger charge is 2.44. The number of carbonyl (C=O) groups excluding carboxylic acids is 3. The number of urea groups is 1. The molecule has 0 atom stereocenters. The van der Waals surface area contributed by atoms with Crippen LogP contribution >= 0.6 is 0 Å². The Balaban J connectivity index is 2.58. The minimum absolute atomic E-state index is 0.270. The fourth-order valence-corrected chi connectivity index (χ4v) is 1.37. The second-order valence-corrected chi connectivity index (χ2v) is 4.09. The van der Waals surface area contributed by atoms with Crippen molar-refractivity contribution in [3.63, 3.8) is 0 Å². The van der Waals surface area contributed by atoms with Crippen LogP contribution < -0.4 is 16.4 Å². The highest BCUT2D eigenvalue weighted by atomic mass is 16.2. The quantitative estimate of drug-likeness (QED) is 0.503. The number of amides is 4. The zero-order chi connectivity index (χ0) is 12.3. The molecule has 4 amide bonds. The summed E-state index contributed by atoms with van der Waals surface area (Å²) in [5.74, 6) is -0.799. The normalized spacial score (nSPS) is 18.6. The fourth-order valence-electron chi connectivity index (χ4n) is 1.37. The molecule has 0 unspecified atom stereocenters. The lowest BCUT2D eigenvalue weighted by Crippen LogP contribution is -2.43. The first-order valence-electron chi connectivity index (χ1n) is 4.99. The minimum Gasteiger partial charge on any atom is -0.353 e. The number of hydrogen-bond donors (Lipinski definition) is 3. The van der Waals surface area contributed by atoms with Crippen LogP contribution in [0.3, 0.4) is 0 Å². The molecule has 0 aromatic rings. The van der Waals surface area contributed by atoms with Gasteiger partial charge >= 0.3 is 6.03 Å². The van der Waals surface area contributed by atoms with Gasteiger partial charge in [-0.05, 0) is 13.8 Å². The molecule has 0 spiro atoms. The summed E-state index contributed by atoms with van der Waals surface area (Å²) in [6.07, 6.45) is 0. The van der Waals surface area contributed by atoms with Gasteiger partial charge < -0.3 is 16.4 Å². The molecule has 16 heavy (non-hydrogen) atoms. The lowest BCUT2D eigenvalue weighted by Gasteiger charge is -2.15. The number of nitrogens with zero attached hydrogens (tertiary/aromatic N) is 1. The van der Waals surface area contributed by atoms with Crippen molar-refractivity contribution >= 4 is 17.8 Å². The van der Waals surface area contributed by atoms with Gasteiger partial charge in [-0.2, -0.15) is 0 Å². The minimum atomic E-state index is -0.939. The predicted molar refractivity (Wildman–Crippen MR) is 56.4 cm³/mol. The lowest BCUT2D eigenvalue weighted by atomic mass is 10.1. The molecule has 7 nitrogen and oxygen atoms in total. The molecule has 1 fully saturated rings. The summed E-state index contributed by atoms with van der Waals surface area (Å²) in [7, 11) is 0. The molecular formula is C9H16N4O3. The Kier molecular flexibility index (Phi) is 3.48. The Labute approximate surface area is 93.3 Å². The third kappa shape index (κ3) is 2.48. The van der Waals surface area contributed by atoms with Crippen molar-refractivity contribution < 1.29 is 14.4 Å². The zero-order valence-electron chi connectivity index (χ0n) is 9.37. The van der Waals surface area contributed by atoms with Gasteiger partial charge in [0.1, 0.15) is 12.1 Å². The molecule has 1 saturated heterocycles. The Hall–Kier alpha value is -1.63. The Morgan fingerprint density at radius 1 is 1.50 bits per heavy atom. The molecule has 0 bridgehead atoms. The van der Waals surface area contributed by atoms with E-state index in [-0.39, 0.29) is 6.54 Å². The molecule has 4 N–H and O–H groups in total. The third-order valence-electron chi connectivity index (χ3n) is 2.21. The van der Waals surface area contributed by atoms with E-state index in [1.165, 1.54) is 0 Å². The first-order valence-corrected chi connectivity index (χ1v) is 4.99. The standard InChI is InChI=1S/C9H16N4O3/c1-9(2)7(15)13(8(16)12-9)5-6(14)11-4-3-10/h3-5,10H2,1-2H3,(H,11,14)(H,12,16). The van der Waals surface area contributed by atoms with Gasteiger partial charge in [0.2, 0.25) is 5.91 Å². The zero-order valence-corrected chi connectivity index (χ0v) is 9.37. The van der Waals surface area contributed by atoms with E-state index in [1.807, 2.05) is 0 Å². The summed E-state index contributed by atoms with van der Waals surface area (Å²) in [6, 6.07) is -0.544. The SMILES string of the molecule is CC1(C)NC(=O)N(CC(=O)NCCN)C1=O.